The summed E-state index contributed by atoms with van der Waals surface area (Å²) < 4.78 is 17.2. The Morgan fingerprint density at radius 1 is 0.985 bits per heavy atom. The van der Waals surface area contributed by atoms with Gasteiger partial charge in [0.2, 0.25) is 11.6 Å². The number of benzene rings is 2. The molecule has 18 nitrogen and oxygen atoms in total. The van der Waals surface area contributed by atoms with Crippen LogP contribution in [0.3, 0.4) is 0 Å². The minimum absolute atomic E-state index is 0.0198. The molecule has 3 aliphatic heterocycles. The monoisotopic (exact) mass is 950 g/mol. The highest BCUT2D eigenvalue weighted by molar-refractivity contribution is 8.76. The van der Waals surface area contributed by atoms with E-state index in [1.165, 1.54) is 21.0 Å². The van der Waals surface area contributed by atoms with Crippen molar-refractivity contribution in [3.05, 3.63) is 116 Å². The molecule has 0 bridgehead atoms. The van der Waals surface area contributed by atoms with Crippen molar-refractivity contribution in [1.29, 1.82) is 0 Å². The van der Waals surface area contributed by atoms with Gasteiger partial charge in [0, 0.05) is 78.7 Å². The average molecular weight is 951 g/mol. The number of fused-ring (bicyclic) bond motifs is 5. The van der Waals surface area contributed by atoms with E-state index in [4.69, 9.17) is 19.9 Å². The fourth-order valence-electron chi connectivity index (χ4n) is 8.98. The maximum absolute atomic E-state index is 13.4. The summed E-state index contributed by atoms with van der Waals surface area (Å²) in [6.45, 7) is 5.28. The molecule has 4 aliphatic rings. The van der Waals surface area contributed by atoms with Gasteiger partial charge in [-0.05, 0) is 74.7 Å². The standard InChI is InChI=1S/C47H50N8O10S2/c1-25-19-35-39(45(61)52-25)53-31(21-51-35)20-50-30-13-11-29(12-14-30)44(60)49-17-5-7-32(57)8-6-18-66-67-33-15-9-28(10-16-33)23-65-46(62)55-36-22-54-40-37(42(59)38(48)26(2)41(40)58)34(24-64-27(3)56)47(54,63-4)43(36)55/h9-16,19,21,34,36,43,50H,5-8,17-18,20,22-24,48H2,1-4H3,(H,49,60)(H,52,61)/t34-,36+,43+,47-,55?/m1/s1. The van der Waals surface area contributed by atoms with Gasteiger partial charge in [0.05, 0.1) is 47.3 Å². The lowest BCUT2D eigenvalue weighted by Crippen LogP contribution is -2.56. The second-order valence-electron chi connectivity index (χ2n) is 16.7. The predicted octanol–water partition coefficient (Wildman–Crippen LogP) is 4.72. The smallest absolute Gasteiger partial charge is 0.410 e. The second kappa shape index (κ2) is 19.8. The number of piperazine rings is 1. The molecule has 4 atom stereocenters. The Kier molecular flexibility index (Phi) is 13.9. The third-order valence-electron chi connectivity index (χ3n) is 12.4. The number of pyridine rings is 1. The highest BCUT2D eigenvalue weighted by atomic mass is 33.1. The molecule has 2 amide bonds. The van der Waals surface area contributed by atoms with Crippen molar-refractivity contribution in [1.82, 2.24) is 30.1 Å². The molecule has 0 radical (unpaired) electrons. The van der Waals surface area contributed by atoms with E-state index in [0.29, 0.717) is 49.1 Å². The fraction of sp³-hybridized carbons (Fsp3) is 0.383. The lowest BCUT2D eigenvalue weighted by atomic mass is 9.82. The molecule has 8 rings (SSSR count). The molecule has 0 unspecified atom stereocenters. The number of nitrogens with zero attached hydrogens (tertiary/aromatic N) is 4. The van der Waals surface area contributed by atoms with Crippen LogP contribution in [-0.2, 0) is 46.5 Å². The van der Waals surface area contributed by atoms with E-state index in [0.717, 1.165) is 34.0 Å². The zero-order valence-corrected chi connectivity index (χ0v) is 39.0. The Bertz CT molecular complexity index is 2780. The molecule has 1 aliphatic carbocycles. The van der Waals surface area contributed by atoms with Crippen LogP contribution in [0.25, 0.3) is 11.0 Å². The number of ether oxygens (including phenoxy) is 3. The summed E-state index contributed by atoms with van der Waals surface area (Å²) in [4.78, 5) is 105. The zero-order valence-electron chi connectivity index (χ0n) is 37.3. The van der Waals surface area contributed by atoms with Crippen LogP contribution in [0.2, 0.25) is 0 Å². The minimum atomic E-state index is -1.33. The molecule has 67 heavy (non-hydrogen) atoms. The summed E-state index contributed by atoms with van der Waals surface area (Å²) in [6.07, 6.45) is 3.16. The molecule has 5 N–H and O–H groups in total. The molecular weight excluding hydrogens is 901 g/mol. The van der Waals surface area contributed by atoms with E-state index >= 15 is 0 Å². The first-order valence-corrected chi connectivity index (χ1v) is 24.1. The predicted molar refractivity (Wildman–Crippen MR) is 249 cm³/mol. The van der Waals surface area contributed by atoms with Crippen molar-refractivity contribution in [2.24, 2.45) is 11.7 Å². The quantitative estimate of drug-likeness (QED) is 0.0327. The average Bonchev–Trinajstić information content (AvgIpc) is 3.83. The number of nitrogens with one attached hydrogen (secondary N) is 3. The number of anilines is 1. The zero-order chi connectivity index (χ0) is 47.6. The van der Waals surface area contributed by atoms with Crippen LogP contribution in [0.4, 0.5) is 10.5 Å². The molecule has 350 valence electrons. The third-order valence-corrected chi connectivity index (χ3v) is 14.8. The molecule has 4 aromatic rings. The number of carbonyl (C=O) groups excluding carboxylic acids is 6. The van der Waals surface area contributed by atoms with E-state index in [1.807, 2.05) is 24.3 Å². The molecule has 5 heterocycles. The van der Waals surface area contributed by atoms with Gasteiger partial charge in [-0.15, -0.1) is 0 Å². The van der Waals surface area contributed by atoms with Gasteiger partial charge in [-0.1, -0.05) is 33.7 Å². The van der Waals surface area contributed by atoms with E-state index in [2.05, 4.69) is 25.6 Å². The maximum atomic E-state index is 13.4. The van der Waals surface area contributed by atoms with Gasteiger partial charge in [0.15, 0.2) is 11.2 Å². The number of nitrogens with two attached hydrogens (primary N) is 1. The Hall–Kier alpha value is -6.51. The number of allylic oxidation sites excluding steroid dienone is 2. The van der Waals surface area contributed by atoms with E-state index in [9.17, 15) is 33.6 Å². The molecule has 2 aromatic carbocycles. The number of amides is 2. The van der Waals surface area contributed by atoms with Crippen LogP contribution < -0.4 is 21.9 Å². The van der Waals surface area contributed by atoms with Crippen LogP contribution in [-0.4, -0.2) is 110 Å². The van der Waals surface area contributed by atoms with Gasteiger partial charge < -0.3 is 40.5 Å². The molecule has 20 heteroatoms. The van der Waals surface area contributed by atoms with Gasteiger partial charge in [-0.2, -0.15) is 0 Å². The Balaban J connectivity index is 0.705. The van der Waals surface area contributed by atoms with E-state index < -0.39 is 41.3 Å². The van der Waals surface area contributed by atoms with Crippen LogP contribution in [0.5, 0.6) is 0 Å². The number of hydrogen-bond donors (Lipinski definition) is 4. The normalized spacial score (nSPS) is 20.4. The van der Waals surface area contributed by atoms with Gasteiger partial charge in [0.25, 0.3) is 11.5 Å². The first-order valence-electron chi connectivity index (χ1n) is 21.8. The lowest BCUT2D eigenvalue weighted by molar-refractivity contribution is -0.160. The van der Waals surface area contributed by atoms with Crippen molar-refractivity contribution in [3.8, 4) is 0 Å². The van der Waals surface area contributed by atoms with Gasteiger partial charge >= 0.3 is 12.1 Å². The van der Waals surface area contributed by atoms with Gasteiger partial charge in [-0.3, -0.25) is 38.7 Å². The first-order chi connectivity index (χ1) is 32.2. The van der Waals surface area contributed by atoms with Crippen molar-refractivity contribution in [2.75, 3.05) is 37.9 Å². The minimum Gasteiger partial charge on any atom is -0.465 e. The summed E-state index contributed by atoms with van der Waals surface area (Å²) >= 11 is 0. The van der Waals surface area contributed by atoms with Crippen molar-refractivity contribution in [2.45, 2.75) is 82.3 Å². The number of aromatic amines is 1. The number of aryl methyl sites for hydroxylation is 1. The van der Waals surface area contributed by atoms with Crippen molar-refractivity contribution in [3.63, 3.8) is 0 Å². The number of ketones is 3. The number of carbonyl (C=O) groups is 6. The van der Waals surface area contributed by atoms with Crippen molar-refractivity contribution >= 4 is 73.6 Å². The topological polar surface area (TPSA) is 245 Å². The number of esters is 1. The fourth-order valence-corrected chi connectivity index (χ4v) is 11.1. The summed E-state index contributed by atoms with van der Waals surface area (Å²) in [7, 11) is 4.68. The third kappa shape index (κ3) is 9.55. The van der Waals surface area contributed by atoms with Crippen LogP contribution >= 0.6 is 21.6 Å². The number of rotatable bonds is 19. The molecule has 2 aromatic heterocycles. The Labute approximate surface area is 393 Å². The summed E-state index contributed by atoms with van der Waals surface area (Å²) in [5.74, 6) is -1.64. The highest BCUT2D eigenvalue weighted by Crippen LogP contribution is 2.60. The Morgan fingerprint density at radius 2 is 1.73 bits per heavy atom. The van der Waals surface area contributed by atoms with Crippen molar-refractivity contribution < 1.29 is 43.0 Å². The first kappa shape index (κ1) is 47.0. The summed E-state index contributed by atoms with van der Waals surface area (Å²) in [5, 5.41) is 6.11. The number of methoxy groups -OCH3 is 1. The number of hydrogen-bond acceptors (Lipinski definition) is 17. The van der Waals surface area contributed by atoms with E-state index in [-0.39, 0.29) is 71.1 Å². The number of Topliss-reactive ketones (excluding diaryl/α,β-unsaturated/α-hetero) is 3. The summed E-state index contributed by atoms with van der Waals surface area (Å²) in [6, 6.07) is 15.5. The molecular formula is C47H50N8O10S2. The second-order valence-corrected chi connectivity index (χ2v) is 19.2. The van der Waals surface area contributed by atoms with Crippen LogP contribution in [0.1, 0.15) is 66.8 Å². The van der Waals surface area contributed by atoms with Crippen LogP contribution in [0.15, 0.2) is 93.0 Å². The lowest BCUT2D eigenvalue weighted by Gasteiger charge is -2.40. The SMILES string of the molecule is CO[C@@]12[C@H](COC(C)=O)C3=C(C(=O)C(C)=C(N)C3=O)N1C[C@H]1[C@@H]2N1C(=O)OCc1ccc(SSCCCC(=O)CCCNC(=O)c2ccc(NCc3cnc4cc(C)[nH]c(=O)c4n3)cc2)cc1. The molecule has 0 spiro atoms. The highest BCUT2D eigenvalue weighted by Gasteiger charge is 2.78. The Morgan fingerprint density at radius 3 is 2.46 bits per heavy atom. The maximum Gasteiger partial charge on any atom is 0.410 e. The molecule has 2 saturated heterocycles. The largest absolute Gasteiger partial charge is 0.465 e. The molecule has 2 fully saturated rings. The van der Waals surface area contributed by atoms with Crippen LogP contribution in [0, 0.1) is 12.8 Å². The van der Waals surface area contributed by atoms with E-state index in [1.54, 1.807) is 74.8 Å². The molecule has 0 saturated carbocycles. The van der Waals surface area contributed by atoms with Gasteiger partial charge in [-0.25, -0.2) is 9.78 Å². The van der Waals surface area contributed by atoms with Gasteiger partial charge in [0.1, 0.15) is 25.0 Å². The number of aromatic nitrogens is 3. The summed E-state index contributed by atoms with van der Waals surface area (Å²) in [5.41, 5.74) is 8.92. The number of H-pyrrole nitrogens is 1.